The Morgan fingerprint density at radius 1 is 0.893 bits per heavy atom. The zero-order valence-corrected chi connectivity index (χ0v) is 17.0. The van der Waals surface area contributed by atoms with E-state index in [2.05, 4.69) is 58.4 Å². The predicted octanol–water partition coefficient (Wildman–Crippen LogP) is 4.95. The summed E-state index contributed by atoms with van der Waals surface area (Å²) in [6.07, 6.45) is 2.43. The molecule has 0 atom stereocenters. The van der Waals surface area contributed by atoms with Crippen molar-refractivity contribution in [3.8, 4) is 22.5 Å². The molecule has 2 aromatic carbocycles. The lowest BCUT2D eigenvalue weighted by Gasteiger charge is -2.26. The third kappa shape index (κ3) is 5.04. The van der Waals surface area contributed by atoms with E-state index in [-0.39, 0.29) is 0 Å². The van der Waals surface area contributed by atoms with Crippen molar-refractivity contribution in [2.75, 3.05) is 38.6 Å². The van der Waals surface area contributed by atoms with Gasteiger partial charge in [0.25, 0.3) is 0 Å². The number of aromatic nitrogens is 2. The highest BCUT2D eigenvalue weighted by molar-refractivity contribution is 7.99. The Morgan fingerprint density at radius 3 is 2.29 bits per heavy atom. The van der Waals surface area contributed by atoms with E-state index in [1.54, 1.807) is 0 Å². The van der Waals surface area contributed by atoms with Gasteiger partial charge in [-0.15, -0.1) is 0 Å². The molecule has 1 aromatic heterocycles. The second kappa shape index (κ2) is 9.92. The maximum absolute atomic E-state index is 5.41. The van der Waals surface area contributed by atoms with Gasteiger partial charge < -0.3 is 9.72 Å². The summed E-state index contributed by atoms with van der Waals surface area (Å²) in [7, 11) is 0. The van der Waals surface area contributed by atoms with Crippen LogP contribution < -0.4 is 0 Å². The SMILES string of the molecule is c1ccc(-c2nc(SCCCCN3CCOCC3)[nH]c2-c2ccccc2)cc1. The molecule has 1 aliphatic rings. The Balaban J connectivity index is 1.39. The number of unbranched alkanes of at least 4 members (excludes halogenated alkanes) is 1. The number of nitrogens with zero attached hydrogens (tertiary/aromatic N) is 2. The molecular formula is C23H27N3OS. The molecule has 0 spiro atoms. The molecule has 5 heteroatoms. The van der Waals surface area contributed by atoms with E-state index in [1.807, 2.05) is 23.9 Å². The Hall–Kier alpha value is -2.08. The van der Waals surface area contributed by atoms with Gasteiger partial charge in [-0.25, -0.2) is 4.98 Å². The molecule has 0 saturated carbocycles. The fourth-order valence-corrected chi connectivity index (χ4v) is 4.34. The molecule has 1 aliphatic heterocycles. The van der Waals surface area contributed by atoms with E-state index in [0.29, 0.717) is 0 Å². The van der Waals surface area contributed by atoms with Crippen LogP contribution in [0.5, 0.6) is 0 Å². The van der Waals surface area contributed by atoms with Crippen LogP contribution in [0, 0.1) is 0 Å². The first-order chi connectivity index (χ1) is 13.9. The molecule has 3 aromatic rings. The first kappa shape index (κ1) is 19.2. The number of rotatable bonds is 8. The molecule has 0 amide bonds. The molecule has 2 heterocycles. The largest absolute Gasteiger partial charge is 0.379 e. The summed E-state index contributed by atoms with van der Waals surface area (Å²) in [6, 6.07) is 20.9. The molecule has 1 fully saturated rings. The zero-order valence-electron chi connectivity index (χ0n) is 16.1. The van der Waals surface area contributed by atoms with Crippen molar-refractivity contribution >= 4 is 11.8 Å². The van der Waals surface area contributed by atoms with Crippen LogP contribution in [-0.4, -0.2) is 53.5 Å². The molecule has 4 nitrogen and oxygen atoms in total. The number of morpholine rings is 1. The quantitative estimate of drug-likeness (QED) is 0.434. The first-order valence-corrected chi connectivity index (χ1v) is 11.0. The van der Waals surface area contributed by atoms with Crippen LogP contribution >= 0.6 is 11.8 Å². The third-order valence-corrected chi connectivity index (χ3v) is 5.96. The smallest absolute Gasteiger partial charge is 0.166 e. The lowest BCUT2D eigenvalue weighted by molar-refractivity contribution is 0.0374. The predicted molar refractivity (Wildman–Crippen MR) is 117 cm³/mol. The molecule has 1 saturated heterocycles. The number of aromatic amines is 1. The van der Waals surface area contributed by atoms with Gasteiger partial charge in [0.2, 0.25) is 0 Å². The molecule has 146 valence electrons. The van der Waals surface area contributed by atoms with Gasteiger partial charge in [0.1, 0.15) is 0 Å². The molecule has 0 aliphatic carbocycles. The summed E-state index contributed by atoms with van der Waals surface area (Å²) in [5.41, 5.74) is 4.45. The van der Waals surface area contributed by atoms with Crippen LogP contribution in [0.25, 0.3) is 22.5 Å². The minimum Gasteiger partial charge on any atom is -0.379 e. The minimum absolute atomic E-state index is 0.881. The van der Waals surface area contributed by atoms with Crippen molar-refractivity contribution in [2.24, 2.45) is 0 Å². The second-order valence-corrected chi connectivity index (χ2v) is 8.09. The van der Waals surface area contributed by atoms with Crippen molar-refractivity contribution in [1.29, 1.82) is 0 Å². The van der Waals surface area contributed by atoms with Crippen LogP contribution in [0.15, 0.2) is 65.8 Å². The Labute approximate surface area is 171 Å². The van der Waals surface area contributed by atoms with Crippen LogP contribution in [0.3, 0.4) is 0 Å². The van der Waals surface area contributed by atoms with Gasteiger partial charge in [-0.05, 0) is 19.4 Å². The first-order valence-electron chi connectivity index (χ1n) is 10.0. The van der Waals surface area contributed by atoms with Crippen LogP contribution in [0.1, 0.15) is 12.8 Å². The highest BCUT2D eigenvalue weighted by Crippen LogP contribution is 2.32. The summed E-state index contributed by atoms with van der Waals surface area (Å²) < 4.78 is 5.41. The molecule has 0 unspecified atom stereocenters. The maximum atomic E-state index is 5.41. The lowest BCUT2D eigenvalue weighted by Crippen LogP contribution is -2.36. The van der Waals surface area contributed by atoms with Gasteiger partial charge in [-0.2, -0.15) is 0 Å². The number of benzene rings is 2. The molecule has 28 heavy (non-hydrogen) atoms. The second-order valence-electron chi connectivity index (χ2n) is 7.01. The van der Waals surface area contributed by atoms with Gasteiger partial charge >= 0.3 is 0 Å². The Kier molecular flexibility index (Phi) is 6.82. The van der Waals surface area contributed by atoms with Gasteiger partial charge in [-0.1, -0.05) is 72.4 Å². The standard InChI is InChI=1S/C23H27N3OS/c1-3-9-19(10-4-1)21-22(20-11-5-2-6-12-20)25-23(24-21)28-18-8-7-13-26-14-16-27-17-15-26/h1-6,9-12H,7-8,13-18H2,(H,24,25). The van der Waals surface area contributed by atoms with Gasteiger partial charge in [0.05, 0.1) is 24.6 Å². The fraction of sp³-hybridized carbons (Fsp3) is 0.348. The fourth-order valence-electron chi connectivity index (χ4n) is 3.47. The zero-order chi connectivity index (χ0) is 19.0. The van der Waals surface area contributed by atoms with Crippen molar-refractivity contribution in [2.45, 2.75) is 18.0 Å². The summed E-state index contributed by atoms with van der Waals surface area (Å²) >= 11 is 1.82. The topological polar surface area (TPSA) is 41.2 Å². The summed E-state index contributed by atoms with van der Waals surface area (Å²) in [5.74, 6) is 1.08. The minimum atomic E-state index is 0.881. The number of nitrogens with one attached hydrogen (secondary N) is 1. The molecule has 0 radical (unpaired) electrons. The highest BCUT2D eigenvalue weighted by atomic mass is 32.2. The van der Waals surface area contributed by atoms with E-state index in [1.165, 1.54) is 24.9 Å². The van der Waals surface area contributed by atoms with Gasteiger partial charge in [0.15, 0.2) is 5.16 Å². The third-order valence-electron chi connectivity index (χ3n) is 5.00. The normalized spacial score (nSPS) is 15.0. The van der Waals surface area contributed by atoms with Crippen LogP contribution in [0.2, 0.25) is 0 Å². The van der Waals surface area contributed by atoms with E-state index >= 15 is 0 Å². The van der Waals surface area contributed by atoms with Crippen molar-refractivity contribution in [3.05, 3.63) is 60.7 Å². The van der Waals surface area contributed by atoms with E-state index < -0.39 is 0 Å². The Morgan fingerprint density at radius 2 is 1.57 bits per heavy atom. The number of thioether (sulfide) groups is 1. The number of hydrogen-bond acceptors (Lipinski definition) is 4. The maximum Gasteiger partial charge on any atom is 0.166 e. The molecule has 1 N–H and O–H groups in total. The van der Waals surface area contributed by atoms with Gasteiger partial charge in [-0.3, -0.25) is 4.90 Å². The summed E-state index contributed by atoms with van der Waals surface area (Å²) in [5, 5.41) is 1.00. The summed E-state index contributed by atoms with van der Waals surface area (Å²) in [6.45, 7) is 5.09. The monoisotopic (exact) mass is 393 g/mol. The lowest BCUT2D eigenvalue weighted by atomic mass is 10.1. The van der Waals surface area contributed by atoms with E-state index in [9.17, 15) is 0 Å². The van der Waals surface area contributed by atoms with Crippen molar-refractivity contribution in [3.63, 3.8) is 0 Å². The number of ether oxygens (including phenoxy) is 1. The number of H-pyrrole nitrogens is 1. The van der Waals surface area contributed by atoms with Crippen LogP contribution in [0.4, 0.5) is 0 Å². The molecular weight excluding hydrogens is 366 g/mol. The molecule has 0 bridgehead atoms. The van der Waals surface area contributed by atoms with Crippen molar-refractivity contribution in [1.82, 2.24) is 14.9 Å². The average molecular weight is 394 g/mol. The highest BCUT2D eigenvalue weighted by Gasteiger charge is 2.14. The number of hydrogen-bond donors (Lipinski definition) is 1. The summed E-state index contributed by atoms with van der Waals surface area (Å²) in [4.78, 5) is 11.0. The van der Waals surface area contributed by atoms with E-state index in [0.717, 1.165) is 54.2 Å². The van der Waals surface area contributed by atoms with Crippen molar-refractivity contribution < 1.29 is 4.74 Å². The number of imidazole rings is 1. The Bertz CT molecular complexity index is 788. The molecule has 4 rings (SSSR count). The van der Waals surface area contributed by atoms with Gasteiger partial charge in [0, 0.05) is 30.0 Å². The average Bonchev–Trinajstić information content (AvgIpc) is 3.20. The van der Waals surface area contributed by atoms with Crippen LogP contribution in [-0.2, 0) is 4.74 Å². The van der Waals surface area contributed by atoms with E-state index in [4.69, 9.17) is 9.72 Å².